The Morgan fingerprint density at radius 2 is 1.78 bits per heavy atom. The van der Waals surface area contributed by atoms with Gasteiger partial charge in [0.2, 0.25) is 5.91 Å². The van der Waals surface area contributed by atoms with Crippen molar-refractivity contribution in [2.45, 2.75) is 13.0 Å². The topological polar surface area (TPSA) is 82.0 Å². The summed E-state index contributed by atoms with van der Waals surface area (Å²) < 4.78 is 13.5. The van der Waals surface area contributed by atoms with Crippen LogP contribution in [-0.2, 0) is 11.3 Å². The molecule has 0 atom stereocenters. The van der Waals surface area contributed by atoms with Crippen molar-refractivity contribution in [2.24, 2.45) is 0 Å². The van der Waals surface area contributed by atoms with Gasteiger partial charge in [-0.15, -0.1) is 0 Å². The minimum atomic E-state index is -0.413. The van der Waals surface area contributed by atoms with Crippen LogP contribution in [0.4, 0.5) is 10.1 Å². The molecule has 0 aliphatic carbocycles. The summed E-state index contributed by atoms with van der Waals surface area (Å²) >= 11 is 0. The largest absolute Gasteiger partial charge is 0.348 e. The van der Waals surface area contributed by atoms with Crippen LogP contribution in [0.1, 0.15) is 22.3 Å². The van der Waals surface area contributed by atoms with E-state index < -0.39 is 5.91 Å². The fraction of sp³-hybridized carbons (Fsp3) is 0.118. The second kappa shape index (κ2) is 7.71. The van der Waals surface area contributed by atoms with Gasteiger partial charge in [0, 0.05) is 23.4 Å². The van der Waals surface area contributed by atoms with Gasteiger partial charge in [0.05, 0.1) is 6.07 Å². The molecular weight excluding hydrogens is 297 g/mol. The van der Waals surface area contributed by atoms with Gasteiger partial charge in [-0.05, 0) is 30.3 Å². The van der Waals surface area contributed by atoms with Gasteiger partial charge in [-0.3, -0.25) is 9.59 Å². The maximum atomic E-state index is 13.5. The standard InChI is InChI=1S/C17H14FN3O2/c18-15-4-2-1-3-13(15)11-20-17(23)12-5-7-14(8-6-12)21-16(22)9-10-19/h1-8H,9,11H2,(H,20,23)(H,21,22). The first-order valence-corrected chi connectivity index (χ1v) is 6.88. The third-order valence-electron chi connectivity index (χ3n) is 3.07. The Morgan fingerprint density at radius 3 is 2.43 bits per heavy atom. The lowest BCUT2D eigenvalue weighted by molar-refractivity contribution is -0.115. The van der Waals surface area contributed by atoms with E-state index >= 15 is 0 Å². The molecule has 2 aromatic carbocycles. The third-order valence-corrected chi connectivity index (χ3v) is 3.07. The second-order valence-corrected chi connectivity index (χ2v) is 4.73. The lowest BCUT2D eigenvalue weighted by Crippen LogP contribution is -2.23. The average molecular weight is 311 g/mol. The highest BCUT2D eigenvalue weighted by Crippen LogP contribution is 2.11. The summed E-state index contributed by atoms with van der Waals surface area (Å²) in [7, 11) is 0. The zero-order valence-corrected chi connectivity index (χ0v) is 12.2. The van der Waals surface area contributed by atoms with E-state index in [0.29, 0.717) is 16.8 Å². The molecule has 0 bridgehead atoms. The minimum Gasteiger partial charge on any atom is -0.348 e. The molecule has 0 heterocycles. The molecule has 0 saturated carbocycles. The van der Waals surface area contributed by atoms with Gasteiger partial charge >= 0.3 is 0 Å². The third kappa shape index (κ3) is 4.64. The van der Waals surface area contributed by atoms with Gasteiger partial charge in [0.25, 0.3) is 5.91 Å². The van der Waals surface area contributed by atoms with Gasteiger partial charge < -0.3 is 10.6 Å². The number of hydrogen-bond acceptors (Lipinski definition) is 3. The zero-order valence-electron chi connectivity index (χ0n) is 12.2. The van der Waals surface area contributed by atoms with Crippen LogP contribution in [0.15, 0.2) is 48.5 Å². The van der Waals surface area contributed by atoms with Crippen LogP contribution < -0.4 is 10.6 Å². The normalized spacial score (nSPS) is 9.74. The smallest absolute Gasteiger partial charge is 0.251 e. The van der Waals surface area contributed by atoms with Crippen LogP contribution in [0.3, 0.4) is 0 Å². The van der Waals surface area contributed by atoms with Gasteiger partial charge in [0.15, 0.2) is 0 Å². The van der Waals surface area contributed by atoms with Crippen molar-refractivity contribution in [2.75, 3.05) is 5.32 Å². The highest BCUT2D eigenvalue weighted by molar-refractivity contribution is 5.96. The molecule has 2 N–H and O–H groups in total. The predicted molar refractivity (Wildman–Crippen MR) is 82.9 cm³/mol. The highest BCUT2D eigenvalue weighted by Gasteiger charge is 2.08. The summed E-state index contributed by atoms with van der Waals surface area (Å²) in [6.07, 6.45) is -0.231. The van der Waals surface area contributed by atoms with Crippen LogP contribution in [0, 0.1) is 17.1 Å². The summed E-state index contributed by atoms with van der Waals surface area (Å²) in [5.74, 6) is -1.13. The number of carbonyl (C=O) groups excluding carboxylic acids is 2. The number of nitrogens with one attached hydrogen (secondary N) is 2. The number of carbonyl (C=O) groups is 2. The predicted octanol–water partition coefficient (Wildman–Crippen LogP) is 2.61. The fourth-order valence-corrected chi connectivity index (χ4v) is 1.90. The molecule has 2 aromatic rings. The Labute approximate surface area is 132 Å². The van der Waals surface area contributed by atoms with Crippen molar-refractivity contribution in [1.29, 1.82) is 5.26 Å². The number of hydrogen-bond donors (Lipinski definition) is 2. The molecule has 0 spiro atoms. The Morgan fingerprint density at radius 1 is 1.09 bits per heavy atom. The number of benzene rings is 2. The first-order chi connectivity index (χ1) is 11.1. The Hall–Kier alpha value is -3.20. The van der Waals surface area contributed by atoms with E-state index in [-0.39, 0.29) is 24.7 Å². The molecule has 2 rings (SSSR count). The Bertz CT molecular complexity index is 751. The first-order valence-electron chi connectivity index (χ1n) is 6.88. The molecule has 5 nitrogen and oxygen atoms in total. The monoisotopic (exact) mass is 311 g/mol. The molecule has 23 heavy (non-hydrogen) atoms. The molecule has 0 aromatic heterocycles. The Kier molecular flexibility index (Phi) is 5.42. The van der Waals surface area contributed by atoms with Crippen LogP contribution >= 0.6 is 0 Å². The van der Waals surface area contributed by atoms with Crippen molar-refractivity contribution >= 4 is 17.5 Å². The van der Waals surface area contributed by atoms with E-state index in [1.807, 2.05) is 0 Å². The number of amides is 2. The summed E-state index contributed by atoms with van der Waals surface area (Å²) in [6.45, 7) is 0.0894. The first kappa shape index (κ1) is 16.2. The van der Waals surface area contributed by atoms with Crippen LogP contribution in [0.2, 0.25) is 0 Å². The van der Waals surface area contributed by atoms with E-state index in [2.05, 4.69) is 10.6 Å². The van der Waals surface area contributed by atoms with E-state index in [0.717, 1.165) is 0 Å². The van der Waals surface area contributed by atoms with Crippen molar-refractivity contribution in [1.82, 2.24) is 5.32 Å². The lowest BCUT2D eigenvalue weighted by atomic mass is 10.1. The molecule has 0 saturated heterocycles. The lowest BCUT2D eigenvalue weighted by Gasteiger charge is -2.07. The fourth-order valence-electron chi connectivity index (χ4n) is 1.90. The van der Waals surface area contributed by atoms with Gasteiger partial charge in [0.1, 0.15) is 12.2 Å². The van der Waals surface area contributed by atoms with Gasteiger partial charge in [-0.2, -0.15) is 5.26 Å². The van der Waals surface area contributed by atoms with E-state index in [4.69, 9.17) is 5.26 Å². The molecule has 6 heteroatoms. The van der Waals surface area contributed by atoms with Crippen LogP contribution in [0.5, 0.6) is 0 Å². The van der Waals surface area contributed by atoms with Crippen molar-refractivity contribution in [3.63, 3.8) is 0 Å². The number of nitrogens with zero attached hydrogens (tertiary/aromatic N) is 1. The summed E-state index contributed by atoms with van der Waals surface area (Å²) in [6, 6.07) is 14.2. The highest BCUT2D eigenvalue weighted by atomic mass is 19.1. The molecular formula is C17H14FN3O2. The average Bonchev–Trinajstić information content (AvgIpc) is 2.55. The van der Waals surface area contributed by atoms with E-state index in [1.54, 1.807) is 48.5 Å². The molecule has 116 valence electrons. The van der Waals surface area contributed by atoms with Crippen LogP contribution in [-0.4, -0.2) is 11.8 Å². The SMILES string of the molecule is N#CCC(=O)Nc1ccc(C(=O)NCc2ccccc2F)cc1. The minimum absolute atomic E-state index is 0.0894. The zero-order chi connectivity index (χ0) is 16.7. The summed E-state index contributed by atoms with van der Waals surface area (Å²) in [5, 5.41) is 13.6. The Balaban J connectivity index is 1.94. The van der Waals surface area contributed by atoms with Gasteiger partial charge in [-0.1, -0.05) is 18.2 Å². The van der Waals surface area contributed by atoms with Crippen molar-refractivity contribution in [3.05, 3.63) is 65.5 Å². The number of nitriles is 1. The van der Waals surface area contributed by atoms with Crippen LogP contribution in [0.25, 0.3) is 0 Å². The van der Waals surface area contributed by atoms with Crippen molar-refractivity contribution < 1.29 is 14.0 Å². The number of halogens is 1. The maximum absolute atomic E-state index is 13.5. The quantitative estimate of drug-likeness (QED) is 0.890. The summed E-state index contributed by atoms with van der Waals surface area (Å²) in [4.78, 5) is 23.3. The number of rotatable bonds is 5. The molecule has 0 aliphatic heterocycles. The number of anilines is 1. The molecule has 0 radical (unpaired) electrons. The van der Waals surface area contributed by atoms with Gasteiger partial charge in [-0.25, -0.2) is 4.39 Å². The molecule has 2 amide bonds. The molecule has 0 fully saturated rings. The summed E-state index contributed by atoms with van der Waals surface area (Å²) in [5.41, 5.74) is 1.29. The molecule has 0 aliphatic rings. The van der Waals surface area contributed by atoms with E-state index in [1.165, 1.54) is 6.07 Å². The van der Waals surface area contributed by atoms with Crippen molar-refractivity contribution in [3.8, 4) is 6.07 Å². The molecule has 0 unspecified atom stereocenters. The maximum Gasteiger partial charge on any atom is 0.251 e. The second-order valence-electron chi connectivity index (χ2n) is 4.73. The van der Waals surface area contributed by atoms with E-state index in [9.17, 15) is 14.0 Å².